The first-order valence-corrected chi connectivity index (χ1v) is 13.6. The zero-order valence-corrected chi connectivity index (χ0v) is 24.4. The Morgan fingerprint density at radius 2 is 1.51 bits per heavy atom. The van der Waals surface area contributed by atoms with Crippen molar-refractivity contribution < 1.29 is 33.4 Å². The first kappa shape index (κ1) is 31.2. The van der Waals surface area contributed by atoms with Gasteiger partial charge in [0.1, 0.15) is 5.60 Å². The molecule has 3 atom stereocenters. The van der Waals surface area contributed by atoms with Gasteiger partial charge in [0.15, 0.2) is 12.2 Å². The fourth-order valence-corrected chi connectivity index (χ4v) is 4.41. The molecule has 0 spiro atoms. The molecule has 1 aliphatic rings. The van der Waals surface area contributed by atoms with Gasteiger partial charge in [-0.3, -0.25) is 9.59 Å². The van der Waals surface area contributed by atoms with E-state index in [4.69, 9.17) is 14.2 Å². The van der Waals surface area contributed by atoms with Crippen LogP contribution in [0.15, 0.2) is 72.5 Å². The van der Waals surface area contributed by atoms with E-state index in [1.807, 2.05) is 67.6 Å². The quantitative estimate of drug-likeness (QED) is 0.443. The number of alkyl carbamates (subject to hydrolysis) is 1. The number of likely N-dealkylation sites (N-methyl/N-ethyl adjacent to an activating group) is 1. The summed E-state index contributed by atoms with van der Waals surface area (Å²) < 4.78 is 17.3. The molecule has 2 aromatic rings. The number of nitrogens with zero attached hydrogens (tertiary/aromatic N) is 1. The number of hydrogen-bond acceptors (Lipinski definition) is 7. The first-order valence-electron chi connectivity index (χ1n) is 13.6. The Labute approximate surface area is 241 Å². The van der Waals surface area contributed by atoms with Crippen molar-refractivity contribution in [3.63, 3.8) is 0 Å². The van der Waals surface area contributed by atoms with Crippen LogP contribution in [0.25, 0.3) is 0 Å². The van der Waals surface area contributed by atoms with Crippen LogP contribution in [0.5, 0.6) is 0 Å². The van der Waals surface area contributed by atoms with E-state index in [1.54, 1.807) is 27.8 Å². The molecule has 2 aromatic carbocycles. The van der Waals surface area contributed by atoms with Gasteiger partial charge in [0.05, 0.1) is 12.1 Å². The lowest BCUT2D eigenvalue weighted by atomic mass is 9.96. The van der Waals surface area contributed by atoms with Gasteiger partial charge < -0.3 is 29.7 Å². The van der Waals surface area contributed by atoms with E-state index in [9.17, 15) is 19.2 Å². The summed E-state index contributed by atoms with van der Waals surface area (Å²) in [7, 11) is 1.60. The minimum Gasteiger partial charge on any atom is -0.471 e. The smallest absolute Gasteiger partial charge is 0.408 e. The highest BCUT2D eigenvalue weighted by Crippen LogP contribution is 2.29. The van der Waals surface area contributed by atoms with Crippen molar-refractivity contribution in [2.24, 2.45) is 0 Å². The largest absolute Gasteiger partial charge is 0.471 e. The van der Waals surface area contributed by atoms with Crippen LogP contribution in [0.2, 0.25) is 0 Å². The number of nitrogens with one attached hydrogen (secondary N) is 2. The second-order valence-electron chi connectivity index (χ2n) is 10.8. The number of rotatable bonds is 9. The average molecular weight is 566 g/mol. The lowest BCUT2D eigenvalue weighted by molar-refractivity contribution is -0.154. The Morgan fingerprint density at radius 3 is 2.00 bits per heavy atom. The average Bonchev–Trinajstić information content (AvgIpc) is 2.91. The van der Waals surface area contributed by atoms with Crippen molar-refractivity contribution in [3.05, 3.63) is 83.6 Å². The van der Waals surface area contributed by atoms with E-state index in [0.29, 0.717) is 13.0 Å². The molecule has 3 amide bonds. The van der Waals surface area contributed by atoms with Crippen molar-refractivity contribution in [1.82, 2.24) is 15.5 Å². The molecule has 0 unspecified atom stereocenters. The summed E-state index contributed by atoms with van der Waals surface area (Å²) >= 11 is 0. The summed E-state index contributed by atoms with van der Waals surface area (Å²) in [6, 6.07) is 16.4. The molecule has 0 radical (unpaired) electrons. The van der Waals surface area contributed by atoms with Gasteiger partial charge in [-0.25, -0.2) is 9.59 Å². The molecule has 1 aliphatic heterocycles. The molecule has 0 bridgehead atoms. The predicted molar refractivity (Wildman–Crippen MR) is 152 cm³/mol. The third-order valence-corrected chi connectivity index (χ3v) is 6.16. The molecule has 10 nitrogen and oxygen atoms in total. The highest BCUT2D eigenvalue weighted by Gasteiger charge is 2.44. The molecule has 41 heavy (non-hydrogen) atoms. The normalized spacial score (nSPS) is 18.4. The molecule has 0 aliphatic carbocycles. The van der Waals surface area contributed by atoms with Crippen molar-refractivity contribution >= 4 is 23.9 Å². The lowest BCUT2D eigenvalue weighted by Crippen LogP contribution is -2.63. The topological polar surface area (TPSA) is 123 Å². The maximum absolute atomic E-state index is 13.6. The minimum absolute atomic E-state index is 0.271. The van der Waals surface area contributed by atoms with E-state index >= 15 is 0 Å². The van der Waals surface area contributed by atoms with Crippen LogP contribution in [-0.2, 0) is 28.6 Å². The Balaban J connectivity index is 2.01. The van der Waals surface area contributed by atoms with Crippen LogP contribution in [0.3, 0.4) is 0 Å². The van der Waals surface area contributed by atoms with Crippen LogP contribution in [0.4, 0.5) is 4.79 Å². The standard InChI is InChI=1S/C31H39N3O7/c1-7-18-34(6)28(36)27-25(32-20(2)35)23(33-30(38)41-31(3,4)5)19-24(39-27)29(37)40-26(21-14-10-8-11-15-21)22-16-12-9-13-17-22/h8-17,19,23,25-27H,7,18H2,1-6H3,(H,32,35)(H,33,38)/t23-,25+,27+/m0/s1. The van der Waals surface area contributed by atoms with Gasteiger partial charge >= 0.3 is 12.1 Å². The SMILES string of the molecule is CCCN(C)C(=O)[C@@H]1OC(C(=O)OC(c2ccccc2)c2ccccc2)=C[C@H](NC(=O)OC(C)(C)C)[C@H]1NC(C)=O. The van der Waals surface area contributed by atoms with Gasteiger partial charge in [0.2, 0.25) is 11.7 Å². The summed E-state index contributed by atoms with van der Waals surface area (Å²) in [5.74, 6) is -2.02. The van der Waals surface area contributed by atoms with Gasteiger partial charge in [-0.05, 0) is 44.4 Å². The molecule has 2 N–H and O–H groups in total. The zero-order valence-electron chi connectivity index (χ0n) is 24.4. The van der Waals surface area contributed by atoms with Crippen LogP contribution in [-0.4, -0.2) is 66.2 Å². The molecule has 0 aromatic heterocycles. The summed E-state index contributed by atoms with van der Waals surface area (Å²) in [6.45, 7) is 8.75. The summed E-state index contributed by atoms with van der Waals surface area (Å²) in [5, 5.41) is 5.38. The van der Waals surface area contributed by atoms with Crippen molar-refractivity contribution in [2.75, 3.05) is 13.6 Å². The van der Waals surface area contributed by atoms with Crippen LogP contribution >= 0.6 is 0 Å². The highest BCUT2D eigenvalue weighted by atomic mass is 16.6. The number of amides is 3. The van der Waals surface area contributed by atoms with Crippen molar-refractivity contribution in [1.29, 1.82) is 0 Å². The van der Waals surface area contributed by atoms with Crippen molar-refractivity contribution in [3.8, 4) is 0 Å². The second-order valence-corrected chi connectivity index (χ2v) is 10.8. The summed E-state index contributed by atoms with van der Waals surface area (Å²) in [5.41, 5.74) is 0.663. The molecular formula is C31H39N3O7. The number of carbonyl (C=O) groups is 4. The van der Waals surface area contributed by atoms with E-state index in [2.05, 4.69) is 10.6 Å². The highest BCUT2D eigenvalue weighted by molar-refractivity contribution is 5.90. The monoisotopic (exact) mass is 565 g/mol. The van der Waals surface area contributed by atoms with E-state index in [-0.39, 0.29) is 5.76 Å². The molecule has 220 valence electrons. The molecule has 1 heterocycles. The number of carbonyl (C=O) groups excluding carboxylic acids is 4. The maximum Gasteiger partial charge on any atom is 0.408 e. The fraction of sp³-hybridized carbons (Fsp3) is 0.419. The first-order chi connectivity index (χ1) is 19.4. The Morgan fingerprint density at radius 1 is 0.951 bits per heavy atom. The van der Waals surface area contributed by atoms with Gasteiger partial charge in [-0.1, -0.05) is 67.6 Å². The zero-order chi connectivity index (χ0) is 30.2. The maximum atomic E-state index is 13.6. The number of benzene rings is 2. The van der Waals surface area contributed by atoms with Gasteiger partial charge in [-0.15, -0.1) is 0 Å². The van der Waals surface area contributed by atoms with Gasteiger partial charge in [-0.2, -0.15) is 0 Å². The Hall–Kier alpha value is -4.34. The molecule has 0 fully saturated rings. The molecule has 0 saturated carbocycles. The number of ether oxygens (including phenoxy) is 3. The molecular weight excluding hydrogens is 526 g/mol. The summed E-state index contributed by atoms with van der Waals surface area (Å²) in [6.07, 6.45) is -0.863. The Bertz CT molecular complexity index is 1200. The van der Waals surface area contributed by atoms with Crippen LogP contribution in [0, 0.1) is 0 Å². The Kier molecular flexibility index (Phi) is 10.5. The predicted octanol–water partition coefficient (Wildman–Crippen LogP) is 3.87. The van der Waals surface area contributed by atoms with Crippen molar-refractivity contribution in [2.45, 2.75) is 70.9 Å². The van der Waals surface area contributed by atoms with Gasteiger partial charge in [0.25, 0.3) is 5.91 Å². The van der Waals surface area contributed by atoms with Crippen LogP contribution in [0.1, 0.15) is 58.3 Å². The molecule has 10 heteroatoms. The second kappa shape index (κ2) is 13.8. The third-order valence-electron chi connectivity index (χ3n) is 6.16. The van der Waals surface area contributed by atoms with Gasteiger partial charge in [0, 0.05) is 20.5 Å². The number of hydrogen-bond donors (Lipinski definition) is 2. The molecule has 3 rings (SSSR count). The lowest BCUT2D eigenvalue weighted by Gasteiger charge is -2.38. The summed E-state index contributed by atoms with van der Waals surface area (Å²) in [4.78, 5) is 53.5. The van der Waals surface area contributed by atoms with Crippen LogP contribution < -0.4 is 10.6 Å². The minimum atomic E-state index is -1.32. The third kappa shape index (κ3) is 8.83. The number of esters is 1. The fourth-order valence-electron chi connectivity index (χ4n) is 4.41. The van der Waals surface area contributed by atoms with E-state index < -0.39 is 53.8 Å². The molecule has 0 saturated heterocycles. The van der Waals surface area contributed by atoms with E-state index in [1.165, 1.54) is 17.9 Å². The van der Waals surface area contributed by atoms with E-state index in [0.717, 1.165) is 11.1 Å².